The fraction of sp³-hybridized carbons (Fsp3) is 0.200. The second kappa shape index (κ2) is 3.61. The number of nitrogen functional groups attached to an aromatic ring is 1. The van der Waals surface area contributed by atoms with Gasteiger partial charge in [-0.25, -0.2) is 0 Å². The van der Waals surface area contributed by atoms with E-state index in [1.54, 1.807) is 7.11 Å². The van der Waals surface area contributed by atoms with Gasteiger partial charge in [-0.2, -0.15) is 9.97 Å². The Labute approximate surface area is 86.8 Å². The number of hydrogen-bond acceptors (Lipinski definition) is 5. The van der Waals surface area contributed by atoms with E-state index in [0.717, 1.165) is 0 Å². The maximum Gasteiger partial charge on any atom is 0.318 e. The summed E-state index contributed by atoms with van der Waals surface area (Å²) in [5.41, 5.74) is 6.51. The molecule has 0 fully saturated rings. The van der Waals surface area contributed by atoms with Crippen LogP contribution in [0.5, 0.6) is 11.8 Å². The van der Waals surface area contributed by atoms with Gasteiger partial charge in [0.25, 0.3) is 0 Å². The lowest BCUT2D eigenvalue weighted by Gasteiger charge is -2.07. The summed E-state index contributed by atoms with van der Waals surface area (Å²) < 4.78 is 10.1. The highest BCUT2D eigenvalue weighted by Gasteiger charge is 2.09. The highest BCUT2D eigenvalue weighted by Crippen LogP contribution is 2.29. The second-order valence-corrected chi connectivity index (χ2v) is 2.95. The van der Waals surface area contributed by atoms with Gasteiger partial charge in [0, 0.05) is 0 Å². The summed E-state index contributed by atoms with van der Waals surface area (Å²) >= 11 is 0. The smallest absolute Gasteiger partial charge is 0.318 e. The number of nitrogens with two attached hydrogens (primary N) is 1. The molecule has 0 bridgehead atoms. The van der Waals surface area contributed by atoms with Crippen molar-refractivity contribution in [3.05, 3.63) is 18.2 Å². The van der Waals surface area contributed by atoms with Crippen LogP contribution in [0.3, 0.4) is 0 Å². The highest BCUT2D eigenvalue weighted by molar-refractivity contribution is 5.93. The minimum absolute atomic E-state index is 0.258. The fourth-order valence-electron chi connectivity index (χ4n) is 1.42. The van der Waals surface area contributed by atoms with Crippen molar-refractivity contribution in [3.63, 3.8) is 0 Å². The predicted molar refractivity (Wildman–Crippen MR) is 57.1 cm³/mol. The van der Waals surface area contributed by atoms with Gasteiger partial charge in [0.05, 0.1) is 25.1 Å². The van der Waals surface area contributed by atoms with Crippen LogP contribution in [0.4, 0.5) is 5.82 Å². The van der Waals surface area contributed by atoms with E-state index in [2.05, 4.69) is 9.97 Å². The van der Waals surface area contributed by atoms with Crippen LogP contribution < -0.4 is 15.2 Å². The second-order valence-electron chi connectivity index (χ2n) is 2.95. The van der Waals surface area contributed by atoms with Gasteiger partial charge in [-0.1, -0.05) is 6.07 Å². The fourth-order valence-corrected chi connectivity index (χ4v) is 1.42. The molecule has 0 radical (unpaired) electrons. The maximum absolute atomic E-state index is 5.80. The SMILES string of the molecule is COc1nc(N)c2c(OC)cccc2n1. The lowest BCUT2D eigenvalue weighted by Crippen LogP contribution is -1.99. The normalized spacial score (nSPS) is 10.3. The zero-order chi connectivity index (χ0) is 10.8. The molecule has 0 saturated heterocycles. The molecule has 0 unspecified atom stereocenters. The molecule has 1 heterocycles. The van der Waals surface area contributed by atoms with Gasteiger partial charge >= 0.3 is 6.01 Å². The molecule has 2 N–H and O–H groups in total. The molecule has 5 heteroatoms. The Bertz CT molecular complexity index is 499. The minimum Gasteiger partial charge on any atom is -0.496 e. The molecule has 0 spiro atoms. The Morgan fingerprint density at radius 1 is 1.13 bits per heavy atom. The molecule has 5 nitrogen and oxygen atoms in total. The van der Waals surface area contributed by atoms with Crippen LogP contribution in [-0.2, 0) is 0 Å². The van der Waals surface area contributed by atoms with Crippen molar-refractivity contribution in [1.82, 2.24) is 9.97 Å². The Kier molecular flexibility index (Phi) is 2.29. The Balaban J connectivity index is 2.78. The van der Waals surface area contributed by atoms with Gasteiger partial charge in [-0.15, -0.1) is 0 Å². The van der Waals surface area contributed by atoms with E-state index in [0.29, 0.717) is 22.5 Å². The number of nitrogens with zero attached hydrogens (tertiary/aromatic N) is 2. The summed E-state index contributed by atoms with van der Waals surface area (Å²) in [5, 5.41) is 0.709. The van der Waals surface area contributed by atoms with Crippen LogP contribution in [0.15, 0.2) is 18.2 Å². The lowest BCUT2D eigenvalue weighted by atomic mass is 10.2. The molecule has 0 amide bonds. The third-order valence-corrected chi connectivity index (χ3v) is 2.10. The molecule has 15 heavy (non-hydrogen) atoms. The van der Waals surface area contributed by atoms with E-state index in [1.807, 2.05) is 18.2 Å². The Hall–Kier alpha value is -2.04. The molecule has 0 aliphatic rings. The first kappa shape index (κ1) is 9.51. The summed E-state index contributed by atoms with van der Waals surface area (Å²) in [6.45, 7) is 0. The molecular formula is C10H11N3O2. The number of ether oxygens (including phenoxy) is 2. The van der Waals surface area contributed by atoms with Crippen LogP contribution in [0, 0.1) is 0 Å². The van der Waals surface area contributed by atoms with E-state index < -0.39 is 0 Å². The van der Waals surface area contributed by atoms with Crippen molar-refractivity contribution >= 4 is 16.7 Å². The molecule has 0 aliphatic carbocycles. The lowest BCUT2D eigenvalue weighted by molar-refractivity contribution is 0.382. The van der Waals surface area contributed by atoms with Crippen molar-refractivity contribution in [2.24, 2.45) is 0 Å². The number of methoxy groups -OCH3 is 2. The van der Waals surface area contributed by atoms with Gasteiger partial charge in [-0.3, -0.25) is 0 Å². The van der Waals surface area contributed by atoms with E-state index >= 15 is 0 Å². The van der Waals surface area contributed by atoms with Gasteiger partial charge in [0.15, 0.2) is 0 Å². The van der Waals surface area contributed by atoms with Crippen LogP contribution in [0.1, 0.15) is 0 Å². The van der Waals surface area contributed by atoms with Crippen LogP contribution in [0.25, 0.3) is 10.9 Å². The van der Waals surface area contributed by atoms with Gasteiger partial charge in [-0.05, 0) is 12.1 Å². The average molecular weight is 205 g/mol. The molecule has 2 rings (SSSR count). The summed E-state index contributed by atoms with van der Waals surface area (Å²) in [5.74, 6) is 1.02. The predicted octanol–water partition coefficient (Wildman–Crippen LogP) is 1.23. The summed E-state index contributed by atoms with van der Waals surface area (Å²) in [7, 11) is 3.08. The molecule has 1 aromatic heterocycles. The third-order valence-electron chi connectivity index (χ3n) is 2.10. The Morgan fingerprint density at radius 2 is 1.93 bits per heavy atom. The molecular weight excluding hydrogens is 194 g/mol. The van der Waals surface area contributed by atoms with Crippen molar-refractivity contribution in [1.29, 1.82) is 0 Å². The summed E-state index contributed by atoms with van der Waals surface area (Å²) in [6.07, 6.45) is 0. The maximum atomic E-state index is 5.80. The van der Waals surface area contributed by atoms with Gasteiger partial charge in [0.2, 0.25) is 0 Å². The first-order valence-electron chi connectivity index (χ1n) is 4.40. The zero-order valence-corrected chi connectivity index (χ0v) is 8.52. The number of benzene rings is 1. The van der Waals surface area contributed by atoms with Crippen molar-refractivity contribution in [2.45, 2.75) is 0 Å². The van der Waals surface area contributed by atoms with E-state index in [-0.39, 0.29) is 6.01 Å². The molecule has 78 valence electrons. The van der Waals surface area contributed by atoms with Crippen LogP contribution in [-0.4, -0.2) is 24.2 Å². The summed E-state index contributed by atoms with van der Waals surface area (Å²) in [4.78, 5) is 8.16. The van der Waals surface area contributed by atoms with Crippen molar-refractivity contribution in [3.8, 4) is 11.8 Å². The van der Waals surface area contributed by atoms with Crippen LogP contribution >= 0.6 is 0 Å². The first-order chi connectivity index (χ1) is 7.26. The molecule has 1 aromatic carbocycles. The zero-order valence-electron chi connectivity index (χ0n) is 8.52. The third kappa shape index (κ3) is 1.52. The van der Waals surface area contributed by atoms with Crippen LogP contribution in [0.2, 0.25) is 0 Å². The topological polar surface area (TPSA) is 70.3 Å². The quantitative estimate of drug-likeness (QED) is 0.798. The number of anilines is 1. The number of hydrogen-bond donors (Lipinski definition) is 1. The molecule has 0 atom stereocenters. The van der Waals surface area contributed by atoms with Crippen molar-refractivity contribution in [2.75, 3.05) is 20.0 Å². The monoisotopic (exact) mass is 205 g/mol. The first-order valence-corrected chi connectivity index (χ1v) is 4.40. The Morgan fingerprint density at radius 3 is 2.60 bits per heavy atom. The van der Waals surface area contributed by atoms with Crippen molar-refractivity contribution < 1.29 is 9.47 Å². The number of fused-ring (bicyclic) bond motifs is 1. The van der Waals surface area contributed by atoms with Gasteiger partial charge < -0.3 is 15.2 Å². The molecule has 0 aliphatic heterocycles. The standard InChI is InChI=1S/C10H11N3O2/c1-14-7-5-3-4-6-8(7)9(11)13-10(12-6)15-2/h3-5H,1-2H3,(H2,11,12,13). The minimum atomic E-state index is 0.258. The van der Waals surface area contributed by atoms with Gasteiger partial charge in [0.1, 0.15) is 11.6 Å². The van der Waals surface area contributed by atoms with E-state index in [4.69, 9.17) is 15.2 Å². The van der Waals surface area contributed by atoms with E-state index in [1.165, 1.54) is 7.11 Å². The largest absolute Gasteiger partial charge is 0.496 e. The average Bonchev–Trinajstić information content (AvgIpc) is 2.27. The van der Waals surface area contributed by atoms with E-state index in [9.17, 15) is 0 Å². The summed E-state index contributed by atoms with van der Waals surface area (Å²) in [6, 6.07) is 5.74. The molecule has 2 aromatic rings. The number of aromatic nitrogens is 2. The highest BCUT2D eigenvalue weighted by atomic mass is 16.5. The molecule has 0 saturated carbocycles. The number of rotatable bonds is 2.